The van der Waals surface area contributed by atoms with Crippen LogP contribution in [-0.4, -0.2) is 17.6 Å². The Morgan fingerprint density at radius 1 is 1.05 bits per heavy atom. The second kappa shape index (κ2) is 12.0. The van der Waals surface area contributed by atoms with Crippen molar-refractivity contribution in [2.75, 3.05) is 7.11 Å². The van der Waals surface area contributed by atoms with E-state index in [0.29, 0.717) is 53.4 Å². The van der Waals surface area contributed by atoms with Crippen molar-refractivity contribution in [2.45, 2.75) is 26.0 Å². The number of thiazole rings is 1. The molecule has 0 radical (unpaired) electrons. The maximum Gasteiger partial charge on any atom is 0.338 e. The zero-order valence-electron chi connectivity index (χ0n) is 21.5. The van der Waals surface area contributed by atoms with Gasteiger partial charge >= 0.3 is 5.97 Å². The lowest BCUT2D eigenvalue weighted by Crippen LogP contribution is -2.40. The summed E-state index contributed by atoms with van der Waals surface area (Å²) in [6, 6.07) is 19.3. The van der Waals surface area contributed by atoms with Crippen LogP contribution in [0.1, 0.15) is 36.1 Å². The number of benzene rings is 3. The van der Waals surface area contributed by atoms with Crippen LogP contribution in [0.2, 0.25) is 15.1 Å². The number of fused-ring (bicyclic) bond motifs is 1. The zero-order valence-corrected chi connectivity index (χ0v) is 24.6. The van der Waals surface area contributed by atoms with Crippen LogP contribution in [0.3, 0.4) is 0 Å². The summed E-state index contributed by atoms with van der Waals surface area (Å²) in [5.74, 6) is -0.165. The van der Waals surface area contributed by atoms with Gasteiger partial charge in [0.2, 0.25) is 0 Å². The molecule has 0 aliphatic carbocycles. The molecule has 0 fully saturated rings. The number of allylic oxidation sites excluding steroid dienone is 1. The van der Waals surface area contributed by atoms with E-state index in [-0.39, 0.29) is 12.2 Å². The van der Waals surface area contributed by atoms with Crippen LogP contribution in [0.5, 0.6) is 5.75 Å². The Labute approximate surface area is 249 Å². The van der Waals surface area contributed by atoms with Crippen molar-refractivity contribution in [3.05, 3.63) is 129 Å². The van der Waals surface area contributed by atoms with Gasteiger partial charge in [-0.2, -0.15) is 0 Å². The first kappa shape index (κ1) is 28.2. The van der Waals surface area contributed by atoms with Crippen molar-refractivity contribution < 1.29 is 14.3 Å². The minimum absolute atomic E-state index is 0.166. The van der Waals surface area contributed by atoms with E-state index in [0.717, 1.165) is 11.1 Å². The van der Waals surface area contributed by atoms with E-state index in [1.54, 1.807) is 24.3 Å². The molecule has 0 saturated heterocycles. The SMILES string of the molecule is CCC1=C(C(=O)OC)[C@@H](c2ccccc2)n2c(s/c(=C/c3cc(Cl)cc(Cl)c3OCc3ccccc3Cl)c2=O)=N1. The molecule has 1 aromatic heterocycles. The summed E-state index contributed by atoms with van der Waals surface area (Å²) in [6.45, 7) is 2.08. The maximum absolute atomic E-state index is 13.9. The first-order chi connectivity index (χ1) is 19.3. The topological polar surface area (TPSA) is 69.9 Å². The number of methoxy groups -OCH3 is 1. The summed E-state index contributed by atoms with van der Waals surface area (Å²) >= 11 is 20.4. The Hall–Kier alpha value is -3.36. The largest absolute Gasteiger partial charge is 0.487 e. The van der Waals surface area contributed by atoms with Crippen LogP contribution in [0.4, 0.5) is 0 Å². The third-order valence-corrected chi connectivity index (χ3v) is 8.27. The van der Waals surface area contributed by atoms with Crippen LogP contribution >= 0.6 is 46.1 Å². The molecule has 1 atom stereocenters. The Kier molecular flexibility index (Phi) is 8.47. The molecule has 1 aliphatic rings. The predicted molar refractivity (Wildman–Crippen MR) is 159 cm³/mol. The normalized spacial score (nSPS) is 15.0. The second-order valence-corrected chi connectivity index (χ2v) is 11.1. The van der Waals surface area contributed by atoms with Crippen molar-refractivity contribution in [3.8, 4) is 5.75 Å². The Morgan fingerprint density at radius 2 is 1.77 bits per heavy atom. The Balaban J connectivity index is 1.67. The standard InChI is InChI=1S/C30H23Cl3N2O4S/c1-3-23-25(29(37)38-2)26(17-9-5-4-6-10-17)35-28(36)24(40-30(35)34-23)14-19-13-20(31)15-22(33)27(19)39-16-18-11-7-8-12-21(18)32/h4-15,26H,3,16H2,1-2H3/b24-14+/t26-/m1/s1. The highest BCUT2D eigenvalue weighted by Gasteiger charge is 2.33. The second-order valence-electron chi connectivity index (χ2n) is 8.88. The first-order valence-electron chi connectivity index (χ1n) is 12.4. The molecule has 0 bridgehead atoms. The monoisotopic (exact) mass is 612 g/mol. The van der Waals surface area contributed by atoms with Crippen molar-refractivity contribution in [3.63, 3.8) is 0 Å². The lowest BCUT2D eigenvalue weighted by atomic mass is 9.95. The summed E-state index contributed by atoms with van der Waals surface area (Å²) in [7, 11) is 1.32. The van der Waals surface area contributed by atoms with Gasteiger partial charge in [-0.15, -0.1) is 0 Å². The zero-order chi connectivity index (χ0) is 28.4. The number of hydrogen-bond acceptors (Lipinski definition) is 6. The molecule has 0 N–H and O–H groups in total. The Bertz CT molecular complexity index is 1810. The molecular weight excluding hydrogens is 591 g/mol. The number of halogens is 3. The smallest absolute Gasteiger partial charge is 0.338 e. The minimum atomic E-state index is -0.694. The molecule has 0 saturated carbocycles. The van der Waals surface area contributed by atoms with Gasteiger partial charge in [-0.3, -0.25) is 9.36 Å². The van der Waals surface area contributed by atoms with E-state index in [1.807, 2.05) is 55.5 Å². The summed E-state index contributed by atoms with van der Waals surface area (Å²) in [5, 5.41) is 1.25. The molecular formula is C30H23Cl3N2O4S. The van der Waals surface area contributed by atoms with Crippen molar-refractivity contribution in [1.29, 1.82) is 0 Å². The Morgan fingerprint density at radius 3 is 2.48 bits per heavy atom. The van der Waals surface area contributed by atoms with Gasteiger partial charge in [0.05, 0.1) is 34.0 Å². The number of hydrogen-bond donors (Lipinski definition) is 0. The summed E-state index contributed by atoms with van der Waals surface area (Å²) in [4.78, 5) is 32.1. The van der Waals surface area contributed by atoms with E-state index in [1.165, 1.54) is 23.0 Å². The third-order valence-electron chi connectivity index (χ3n) is 6.42. The minimum Gasteiger partial charge on any atom is -0.487 e. The number of esters is 1. The maximum atomic E-state index is 13.9. The molecule has 10 heteroatoms. The number of rotatable bonds is 7. The van der Waals surface area contributed by atoms with Crippen LogP contribution < -0.4 is 19.6 Å². The average molecular weight is 614 g/mol. The predicted octanol–water partition coefficient (Wildman–Crippen LogP) is 6.34. The first-order valence-corrected chi connectivity index (χ1v) is 14.3. The number of ether oxygens (including phenoxy) is 2. The number of carbonyl (C=O) groups is 1. The highest BCUT2D eigenvalue weighted by atomic mass is 35.5. The van der Waals surface area contributed by atoms with Gasteiger partial charge in [0.25, 0.3) is 5.56 Å². The number of aromatic nitrogens is 1. The molecule has 4 aromatic rings. The summed E-state index contributed by atoms with van der Waals surface area (Å²) in [5.41, 5.74) is 2.67. The van der Waals surface area contributed by atoms with Gasteiger partial charge in [-0.1, -0.05) is 102 Å². The van der Waals surface area contributed by atoms with E-state index < -0.39 is 12.0 Å². The van der Waals surface area contributed by atoms with E-state index in [4.69, 9.17) is 49.3 Å². The van der Waals surface area contributed by atoms with Gasteiger partial charge in [-0.25, -0.2) is 9.79 Å². The van der Waals surface area contributed by atoms with E-state index in [2.05, 4.69) is 0 Å². The molecule has 1 aliphatic heterocycles. The third kappa shape index (κ3) is 5.47. The van der Waals surface area contributed by atoms with Crippen molar-refractivity contribution in [1.82, 2.24) is 4.57 Å². The van der Waals surface area contributed by atoms with Crippen LogP contribution in [0, 0.1) is 0 Å². The fourth-order valence-electron chi connectivity index (χ4n) is 4.56. The van der Waals surface area contributed by atoms with E-state index in [9.17, 15) is 9.59 Å². The fourth-order valence-corrected chi connectivity index (χ4v) is 6.33. The lowest BCUT2D eigenvalue weighted by molar-refractivity contribution is -0.136. The van der Waals surface area contributed by atoms with Crippen LogP contribution in [0.25, 0.3) is 6.08 Å². The van der Waals surface area contributed by atoms with Crippen LogP contribution in [-0.2, 0) is 16.1 Å². The highest BCUT2D eigenvalue weighted by molar-refractivity contribution is 7.07. The van der Waals surface area contributed by atoms with Gasteiger partial charge < -0.3 is 9.47 Å². The molecule has 6 nitrogen and oxygen atoms in total. The molecule has 5 rings (SSSR count). The fraction of sp³-hybridized carbons (Fsp3) is 0.167. The van der Waals surface area contributed by atoms with Crippen molar-refractivity contribution >= 4 is 58.2 Å². The van der Waals surface area contributed by atoms with Crippen LogP contribution in [0.15, 0.2) is 87.8 Å². The average Bonchev–Trinajstić information content (AvgIpc) is 3.26. The number of carbonyl (C=O) groups excluding carboxylic acids is 1. The van der Waals surface area contributed by atoms with Gasteiger partial charge in [0.15, 0.2) is 4.80 Å². The highest BCUT2D eigenvalue weighted by Crippen LogP contribution is 2.35. The molecule has 40 heavy (non-hydrogen) atoms. The quantitative estimate of drug-likeness (QED) is 0.228. The summed E-state index contributed by atoms with van der Waals surface area (Å²) < 4.78 is 13.1. The molecule has 204 valence electrons. The molecule has 0 spiro atoms. The van der Waals surface area contributed by atoms with Crippen molar-refractivity contribution in [2.24, 2.45) is 4.99 Å². The number of nitrogens with zero attached hydrogens (tertiary/aromatic N) is 2. The lowest BCUT2D eigenvalue weighted by Gasteiger charge is -2.25. The van der Waals surface area contributed by atoms with Gasteiger partial charge in [0.1, 0.15) is 12.4 Å². The molecule has 0 unspecified atom stereocenters. The molecule has 3 aromatic carbocycles. The van der Waals surface area contributed by atoms with Gasteiger partial charge in [-0.05, 0) is 36.3 Å². The van der Waals surface area contributed by atoms with Gasteiger partial charge in [0, 0.05) is 21.2 Å². The molecule has 0 amide bonds. The molecule has 2 heterocycles. The summed E-state index contributed by atoms with van der Waals surface area (Å²) in [6.07, 6.45) is 2.17. The van der Waals surface area contributed by atoms with E-state index >= 15 is 0 Å².